The maximum atomic E-state index is 12.8. The van der Waals surface area contributed by atoms with Crippen molar-refractivity contribution in [3.05, 3.63) is 40.8 Å². The van der Waals surface area contributed by atoms with E-state index in [1.807, 2.05) is 36.6 Å². The lowest BCUT2D eigenvalue weighted by molar-refractivity contribution is -0.137. The van der Waals surface area contributed by atoms with E-state index >= 15 is 0 Å². The molecule has 2 aromatic rings. The van der Waals surface area contributed by atoms with Gasteiger partial charge in [-0.05, 0) is 31.7 Å². The minimum atomic E-state index is -0.926. The molecule has 1 heterocycles. The van der Waals surface area contributed by atoms with Gasteiger partial charge >= 0.3 is 5.97 Å². The minimum absolute atomic E-state index is 0.0541. The van der Waals surface area contributed by atoms with Gasteiger partial charge in [-0.1, -0.05) is 29.8 Å². The largest absolute Gasteiger partial charge is 0.481 e. The number of benzene rings is 1. The van der Waals surface area contributed by atoms with Crippen LogP contribution in [0.15, 0.2) is 29.6 Å². The van der Waals surface area contributed by atoms with Gasteiger partial charge in [-0.25, -0.2) is 0 Å². The van der Waals surface area contributed by atoms with Crippen LogP contribution in [0.25, 0.3) is 11.1 Å². The highest BCUT2D eigenvalue weighted by atomic mass is 32.1. The number of anilines is 1. The number of aryl methyl sites for hydroxylation is 1. The Morgan fingerprint density at radius 2 is 1.85 bits per heavy atom. The Morgan fingerprint density at radius 3 is 2.48 bits per heavy atom. The molecule has 1 fully saturated rings. The summed E-state index contributed by atoms with van der Waals surface area (Å²) in [6, 6.07) is 8.11. The molecule has 0 aliphatic heterocycles. The number of carbonyl (C=O) groups excluding carboxylic acids is 2. The van der Waals surface area contributed by atoms with Crippen LogP contribution in [-0.4, -0.2) is 28.9 Å². The van der Waals surface area contributed by atoms with Gasteiger partial charge in [-0.15, -0.1) is 11.3 Å². The second-order valence-electron chi connectivity index (χ2n) is 6.76. The standard InChI is InChI=1S/C20H22N2O4S/c1-12-5-7-13(8-6-12)15-11-27-20(18(15)19(26)21-14-9-10-14)22-16(23)3-2-4-17(24)25/h5-8,11,14H,2-4,9-10H2,1H3,(H,21,26)(H,22,23)(H,24,25). The summed E-state index contributed by atoms with van der Waals surface area (Å²) in [6.45, 7) is 2.00. The predicted octanol–water partition coefficient (Wildman–Crippen LogP) is 3.81. The average molecular weight is 386 g/mol. The normalized spacial score (nSPS) is 13.2. The van der Waals surface area contributed by atoms with E-state index < -0.39 is 5.97 Å². The van der Waals surface area contributed by atoms with Crippen LogP contribution in [0.3, 0.4) is 0 Å². The monoisotopic (exact) mass is 386 g/mol. The summed E-state index contributed by atoms with van der Waals surface area (Å²) in [5, 5.41) is 16.8. The van der Waals surface area contributed by atoms with Crippen molar-refractivity contribution < 1.29 is 19.5 Å². The lowest BCUT2D eigenvalue weighted by Crippen LogP contribution is -2.26. The fraction of sp³-hybridized carbons (Fsp3) is 0.350. The molecule has 0 atom stereocenters. The number of thiophene rings is 1. The van der Waals surface area contributed by atoms with Crippen LogP contribution in [0.4, 0.5) is 5.00 Å². The molecule has 1 aromatic heterocycles. The second-order valence-corrected chi connectivity index (χ2v) is 7.64. The van der Waals surface area contributed by atoms with E-state index in [9.17, 15) is 14.4 Å². The van der Waals surface area contributed by atoms with Crippen molar-refractivity contribution in [3.8, 4) is 11.1 Å². The molecule has 1 aromatic carbocycles. The summed E-state index contributed by atoms with van der Waals surface area (Å²) in [5.41, 5.74) is 3.32. The summed E-state index contributed by atoms with van der Waals surface area (Å²) in [6.07, 6.45) is 2.27. The molecule has 6 nitrogen and oxygen atoms in total. The highest BCUT2D eigenvalue weighted by Gasteiger charge is 2.28. The number of carbonyl (C=O) groups is 3. The number of nitrogens with one attached hydrogen (secondary N) is 2. The lowest BCUT2D eigenvalue weighted by Gasteiger charge is -2.10. The van der Waals surface area contributed by atoms with Crippen LogP contribution in [-0.2, 0) is 9.59 Å². The molecule has 27 heavy (non-hydrogen) atoms. The third-order valence-electron chi connectivity index (χ3n) is 4.34. The number of hydrogen-bond acceptors (Lipinski definition) is 4. The molecule has 0 bridgehead atoms. The van der Waals surface area contributed by atoms with Crippen molar-refractivity contribution in [1.82, 2.24) is 5.32 Å². The number of rotatable bonds is 8. The zero-order chi connectivity index (χ0) is 19.4. The van der Waals surface area contributed by atoms with Crippen molar-refractivity contribution in [2.24, 2.45) is 0 Å². The van der Waals surface area contributed by atoms with Crippen molar-refractivity contribution in [2.45, 2.75) is 45.1 Å². The Kier molecular flexibility index (Phi) is 5.91. The molecule has 1 aliphatic rings. The first-order valence-corrected chi connectivity index (χ1v) is 9.83. The molecular weight excluding hydrogens is 364 g/mol. The summed E-state index contributed by atoms with van der Waals surface area (Å²) in [5.74, 6) is -1.39. The summed E-state index contributed by atoms with van der Waals surface area (Å²) < 4.78 is 0. The van der Waals surface area contributed by atoms with Gasteiger partial charge in [0.2, 0.25) is 5.91 Å². The van der Waals surface area contributed by atoms with Crippen LogP contribution in [0.1, 0.15) is 48.0 Å². The first-order chi connectivity index (χ1) is 12.9. The SMILES string of the molecule is Cc1ccc(-c2csc(NC(=O)CCCC(=O)O)c2C(=O)NC2CC2)cc1. The predicted molar refractivity (Wildman–Crippen MR) is 105 cm³/mol. The van der Waals surface area contributed by atoms with Gasteiger partial charge in [0.25, 0.3) is 5.91 Å². The molecule has 3 rings (SSSR count). The third-order valence-corrected chi connectivity index (χ3v) is 5.24. The maximum Gasteiger partial charge on any atom is 0.303 e. The van der Waals surface area contributed by atoms with Gasteiger partial charge in [0, 0.05) is 29.8 Å². The fourth-order valence-electron chi connectivity index (χ4n) is 2.70. The van der Waals surface area contributed by atoms with Crippen molar-refractivity contribution >= 4 is 34.1 Å². The Hall–Kier alpha value is -2.67. The van der Waals surface area contributed by atoms with E-state index in [0.717, 1.165) is 29.5 Å². The number of amides is 2. The molecular formula is C20H22N2O4S. The van der Waals surface area contributed by atoms with E-state index in [4.69, 9.17) is 5.11 Å². The minimum Gasteiger partial charge on any atom is -0.481 e. The van der Waals surface area contributed by atoms with Gasteiger partial charge in [-0.2, -0.15) is 0 Å². The zero-order valence-electron chi connectivity index (χ0n) is 15.1. The first kappa shape index (κ1) is 19.1. The molecule has 142 valence electrons. The molecule has 1 aliphatic carbocycles. The van der Waals surface area contributed by atoms with Gasteiger partial charge < -0.3 is 15.7 Å². The number of hydrogen-bond donors (Lipinski definition) is 3. The number of carboxylic acid groups (broad SMARTS) is 1. The second kappa shape index (κ2) is 8.35. The highest BCUT2D eigenvalue weighted by molar-refractivity contribution is 7.15. The third kappa shape index (κ3) is 5.17. The molecule has 0 unspecified atom stereocenters. The van der Waals surface area contributed by atoms with E-state index in [-0.39, 0.29) is 37.1 Å². The van der Waals surface area contributed by atoms with Gasteiger partial charge in [0.15, 0.2) is 0 Å². The molecule has 7 heteroatoms. The summed E-state index contributed by atoms with van der Waals surface area (Å²) in [4.78, 5) is 35.5. The molecule has 2 amide bonds. The smallest absolute Gasteiger partial charge is 0.303 e. The van der Waals surface area contributed by atoms with Crippen LogP contribution >= 0.6 is 11.3 Å². The number of carboxylic acids is 1. The highest BCUT2D eigenvalue weighted by Crippen LogP contribution is 2.36. The van der Waals surface area contributed by atoms with Crippen molar-refractivity contribution in [3.63, 3.8) is 0 Å². The average Bonchev–Trinajstić information content (AvgIpc) is 3.33. The Bertz CT molecular complexity index is 853. The lowest BCUT2D eigenvalue weighted by atomic mass is 10.0. The number of aliphatic carboxylic acids is 1. The van der Waals surface area contributed by atoms with E-state index in [1.54, 1.807) is 0 Å². The van der Waals surface area contributed by atoms with E-state index in [0.29, 0.717) is 10.6 Å². The Labute approximate surface area is 161 Å². The van der Waals surface area contributed by atoms with Crippen molar-refractivity contribution in [1.29, 1.82) is 0 Å². The zero-order valence-corrected chi connectivity index (χ0v) is 15.9. The van der Waals surface area contributed by atoms with Crippen LogP contribution in [0.2, 0.25) is 0 Å². The summed E-state index contributed by atoms with van der Waals surface area (Å²) >= 11 is 1.31. The van der Waals surface area contributed by atoms with Crippen LogP contribution in [0, 0.1) is 6.92 Å². The molecule has 0 radical (unpaired) electrons. The molecule has 1 saturated carbocycles. The summed E-state index contributed by atoms with van der Waals surface area (Å²) in [7, 11) is 0. The van der Waals surface area contributed by atoms with Crippen molar-refractivity contribution in [2.75, 3.05) is 5.32 Å². The maximum absolute atomic E-state index is 12.8. The fourth-order valence-corrected chi connectivity index (χ4v) is 3.68. The molecule has 3 N–H and O–H groups in total. The van der Waals surface area contributed by atoms with Gasteiger partial charge in [0.1, 0.15) is 5.00 Å². The van der Waals surface area contributed by atoms with E-state index in [1.165, 1.54) is 11.3 Å². The van der Waals surface area contributed by atoms with Crippen LogP contribution in [0.5, 0.6) is 0 Å². The van der Waals surface area contributed by atoms with Gasteiger partial charge in [-0.3, -0.25) is 14.4 Å². The van der Waals surface area contributed by atoms with E-state index in [2.05, 4.69) is 10.6 Å². The quantitative estimate of drug-likeness (QED) is 0.643. The first-order valence-electron chi connectivity index (χ1n) is 8.95. The Morgan fingerprint density at radius 1 is 1.15 bits per heavy atom. The Balaban J connectivity index is 1.82. The van der Waals surface area contributed by atoms with Gasteiger partial charge in [0.05, 0.1) is 5.56 Å². The molecule has 0 saturated heterocycles. The topological polar surface area (TPSA) is 95.5 Å². The van der Waals surface area contributed by atoms with Crippen LogP contribution < -0.4 is 10.6 Å². The molecule has 0 spiro atoms.